The lowest BCUT2D eigenvalue weighted by Gasteiger charge is -2.10. The average molecular weight is 152 g/mol. The highest BCUT2D eigenvalue weighted by Gasteiger charge is 2.60. The molecular formula is C10H16O. The minimum absolute atomic E-state index is 0.391. The van der Waals surface area contributed by atoms with E-state index in [9.17, 15) is 5.11 Å². The summed E-state index contributed by atoms with van der Waals surface area (Å²) in [5, 5.41) is 9.70. The van der Waals surface area contributed by atoms with Crippen LogP contribution in [0.2, 0.25) is 0 Å². The average Bonchev–Trinajstić information content (AvgIpc) is 2.46. The first kappa shape index (κ1) is 7.20. The van der Waals surface area contributed by atoms with Crippen LogP contribution in [0.25, 0.3) is 0 Å². The molecule has 0 spiro atoms. The molecule has 0 aliphatic heterocycles. The van der Waals surface area contributed by atoms with E-state index in [4.69, 9.17) is 0 Å². The lowest BCUT2D eigenvalue weighted by Crippen LogP contribution is -1.99. The Morgan fingerprint density at radius 3 is 2.64 bits per heavy atom. The van der Waals surface area contributed by atoms with Crippen molar-refractivity contribution in [3.8, 4) is 0 Å². The molecule has 1 heteroatoms. The van der Waals surface area contributed by atoms with Crippen LogP contribution in [0.15, 0.2) is 11.3 Å². The minimum Gasteiger partial charge on any atom is -0.512 e. The van der Waals surface area contributed by atoms with Crippen molar-refractivity contribution in [1.29, 1.82) is 0 Å². The van der Waals surface area contributed by atoms with Crippen molar-refractivity contribution in [1.82, 2.24) is 0 Å². The number of aliphatic hydroxyl groups is 1. The van der Waals surface area contributed by atoms with E-state index in [0.29, 0.717) is 17.1 Å². The van der Waals surface area contributed by atoms with E-state index >= 15 is 0 Å². The fourth-order valence-corrected chi connectivity index (χ4v) is 2.59. The van der Waals surface area contributed by atoms with Crippen molar-refractivity contribution in [2.45, 2.75) is 33.6 Å². The molecule has 1 nitrogen and oxygen atoms in total. The highest BCUT2D eigenvalue weighted by molar-refractivity contribution is 5.26. The van der Waals surface area contributed by atoms with Crippen molar-refractivity contribution in [3.05, 3.63) is 11.3 Å². The van der Waals surface area contributed by atoms with Gasteiger partial charge in [-0.2, -0.15) is 0 Å². The molecule has 2 unspecified atom stereocenters. The lowest BCUT2D eigenvalue weighted by atomic mass is 9.99. The molecule has 11 heavy (non-hydrogen) atoms. The fourth-order valence-electron chi connectivity index (χ4n) is 2.59. The largest absolute Gasteiger partial charge is 0.512 e. The van der Waals surface area contributed by atoms with E-state index in [0.717, 1.165) is 12.3 Å². The van der Waals surface area contributed by atoms with Gasteiger partial charge < -0.3 is 5.11 Å². The van der Waals surface area contributed by atoms with E-state index in [2.05, 4.69) is 20.8 Å². The van der Waals surface area contributed by atoms with Crippen LogP contribution in [0.1, 0.15) is 33.6 Å². The lowest BCUT2D eigenvalue weighted by molar-refractivity contribution is 0.339. The maximum absolute atomic E-state index is 9.70. The van der Waals surface area contributed by atoms with Gasteiger partial charge in [-0.1, -0.05) is 13.8 Å². The van der Waals surface area contributed by atoms with E-state index < -0.39 is 0 Å². The molecule has 2 aliphatic carbocycles. The predicted molar refractivity (Wildman–Crippen MR) is 45.3 cm³/mol. The molecule has 0 bridgehead atoms. The van der Waals surface area contributed by atoms with Gasteiger partial charge >= 0.3 is 0 Å². The Balaban J connectivity index is 2.30. The monoisotopic (exact) mass is 152 g/mol. The van der Waals surface area contributed by atoms with Gasteiger partial charge in [0.1, 0.15) is 0 Å². The van der Waals surface area contributed by atoms with Crippen LogP contribution in [-0.2, 0) is 0 Å². The molecule has 0 aromatic heterocycles. The van der Waals surface area contributed by atoms with Gasteiger partial charge in [-0.25, -0.2) is 0 Å². The van der Waals surface area contributed by atoms with Gasteiger partial charge in [0, 0.05) is 5.92 Å². The van der Waals surface area contributed by atoms with Gasteiger partial charge in [0.05, 0.1) is 5.76 Å². The molecule has 1 fully saturated rings. The Hall–Kier alpha value is -0.460. The van der Waals surface area contributed by atoms with Gasteiger partial charge in [0.2, 0.25) is 0 Å². The van der Waals surface area contributed by atoms with Crippen molar-refractivity contribution < 1.29 is 5.11 Å². The Morgan fingerprint density at radius 1 is 1.45 bits per heavy atom. The molecule has 2 rings (SSSR count). The molecule has 2 atom stereocenters. The van der Waals surface area contributed by atoms with Gasteiger partial charge in [0.15, 0.2) is 0 Å². The number of fused-ring (bicyclic) bond motifs is 1. The zero-order chi connectivity index (χ0) is 8.22. The van der Waals surface area contributed by atoms with E-state index in [-0.39, 0.29) is 0 Å². The van der Waals surface area contributed by atoms with Crippen molar-refractivity contribution in [2.75, 3.05) is 0 Å². The van der Waals surface area contributed by atoms with Gasteiger partial charge in [-0.15, -0.1) is 0 Å². The van der Waals surface area contributed by atoms with Crippen LogP contribution >= 0.6 is 0 Å². The number of rotatable bonds is 0. The zero-order valence-corrected chi connectivity index (χ0v) is 7.52. The summed E-state index contributed by atoms with van der Waals surface area (Å²) < 4.78 is 0. The van der Waals surface area contributed by atoms with Crippen LogP contribution in [0.4, 0.5) is 0 Å². The second-order valence-electron chi connectivity index (χ2n) is 4.61. The molecule has 0 saturated heterocycles. The Bertz CT molecular complexity index is 225. The van der Waals surface area contributed by atoms with Crippen LogP contribution in [0.3, 0.4) is 0 Å². The standard InChI is InChI=1S/C10H16O/c1-6-4-5-7-8(9(6)11)10(7,2)3/h7-8,11H,4-5H2,1-3H3. The first-order valence-electron chi connectivity index (χ1n) is 4.43. The molecule has 0 aromatic carbocycles. The van der Waals surface area contributed by atoms with E-state index in [1.807, 2.05) is 0 Å². The van der Waals surface area contributed by atoms with Crippen LogP contribution in [0.5, 0.6) is 0 Å². The van der Waals surface area contributed by atoms with Crippen molar-refractivity contribution in [2.24, 2.45) is 17.3 Å². The van der Waals surface area contributed by atoms with Crippen LogP contribution < -0.4 is 0 Å². The third-order valence-electron chi connectivity index (χ3n) is 3.61. The zero-order valence-electron chi connectivity index (χ0n) is 7.52. The van der Waals surface area contributed by atoms with Crippen molar-refractivity contribution in [3.63, 3.8) is 0 Å². The molecule has 0 aromatic rings. The number of allylic oxidation sites excluding steroid dienone is 2. The summed E-state index contributed by atoms with van der Waals surface area (Å²) in [4.78, 5) is 0. The maximum Gasteiger partial charge on any atom is 0.0951 e. The summed E-state index contributed by atoms with van der Waals surface area (Å²) in [6, 6.07) is 0. The maximum atomic E-state index is 9.70. The predicted octanol–water partition coefficient (Wildman–Crippen LogP) is 2.88. The first-order chi connectivity index (χ1) is 5.05. The Labute approximate surface area is 68.1 Å². The quantitative estimate of drug-likeness (QED) is 0.566. The second kappa shape index (κ2) is 1.82. The number of hydrogen-bond donors (Lipinski definition) is 1. The Kier molecular flexibility index (Phi) is 1.19. The summed E-state index contributed by atoms with van der Waals surface area (Å²) in [6.07, 6.45) is 2.39. The highest BCUT2D eigenvalue weighted by Crippen LogP contribution is 2.65. The normalized spacial score (nSPS) is 40.3. The smallest absolute Gasteiger partial charge is 0.0951 e. The van der Waals surface area contributed by atoms with E-state index in [1.54, 1.807) is 0 Å². The molecule has 0 radical (unpaired) electrons. The van der Waals surface area contributed by atoms with Gasteiger partial charge in [0.25, 0.3) is 0 Å². The topological polar surface area (TPSA) is 20.2 Å². The molecule has 2 aliphatic rings. The Morgan fingerprint density at radius 2 is 2.09 bits per heavy atom. The summed E-state index contributed by atoms with van der Waals surface area (Å²) >= 11 is 0. The highest BCUT2D eigenvalue weighted by atomic mass is 16.3. The molecular weight excluding hydrogens is 136 g/mol. The first-order valence-corrected chi connectivity index (χ1v) is 4.43. The summed E-state index contributed by atoms with van der Waals surface area (Å²) in [5.41, 5.74) is 1.61. The molecule has 1 saturated carbocycles. The third kappa shape index (κ3) is 0.770. The molecule has 62 valence electrons. The third-order valence-corrected chi connectivity index (χ3v) is 3.61. The SMILES string of the molecule is CC1=C(O)C2C(CC1)C2(C)C. The molecule has 1 N–H and O–H groups in total. The van der Waals surface area contributed by atoms with E-state index in [1.165, 1.54) is 12.0 Å². The fraction of sp³-hybridized carbons (Fsp3) is 0.800. The summed E-state index contributed by atoms with van der Waals surface area (Å²) in [7, 11) is 0. The molecule has 0 heterocycles. The molecule has 0 amide bonds. The van der Waals surface area contributed by atoms with Crippen LogP contribution in [-0.4, -0.2) is 5.11 Å². The van der Waals surface area contributed by atoms with Gasteiger partial charge in [-0.3, -0.25) is 0 Å². The number of aliphatic hydroxyl groups excluding tert-OH is 1. The summed E-state index contributed by atoms with van der Waals surface area (Å²) in [6.45, 7) is 6.58. The van der Waals surface area contributed by atoms with Gasteiger partial charge in [-0.05, 0) is 36.7 Å². The number of hydrogen-bond acceptors (Lipinski definition) is 1. The summed E-state index contributed by atoms with van der Waals surface area (Å²) in [5.74, 6) is 1.97. The van der Waals surface area contributed by atoms with Crippen LogP contribution in [0, 0.1) is 17.3 Å². The van der Waals surface area contributed by atoms with Crippen molar-refractivity contribution >= 4 is 0 Å². The minimum atomic E-state index is 0.391. The second-order valence-corrected chi connectivity index (χ2v) is 4.61.